The van der Waals surface area contributed by atoms with Crippen LogP contribution in [0.2, 0.25) is 0 Å². The highest BCUT2D eigenvalue weighted by Gasteiger charge is 2.55. The Morgan fingerprint density at radius 1 is 0.619 bits per heavy atom. The third-order valence-corrected chi connectivity index (χ3v) is 8.24. The summed E-state index contributed by atoms with van der Waals surface area (Å²) < 4.78 is 17.8. The molecule has 0 radical (unpaired) electrons. The maximum absolute atomic E-state index is 6.41. The van der Waals surface area contributed by atoms with Crippen LogP contribution in [-0.2, 0) is 8.85 Å². The maximum atomic E-state index is 6.41. The second kappa shape index (κ2) is 9.25. The van der Waals surface area contributed by atoms with Crippen molar-refractivity contribution in [3.05, 3.63) is 0 Å². The van der Waals surface area contributed by atoms with E-state index in [-0.39, 0.29) is 0 Å². The van der Waals surface area contributed by atoms with E-state index in [4.69, 9.17) is 8.85 Å². The van der Waals surface area contributed by atoms with E-state index in [0.29, 0.717) is 37.4 Å². The summed E-state index contributed by atoms with van der Waals surface area (Å²) in [6, 6.07) is 1.54. The summed E-state index contributed by atoms with van der Waals surface area (Å²) in [7, 11) is -2.64. The summed E-state index contributed by atoms with van der Waals surface area (Å²) in [4.78, 5) is 0. The van der Waals surface area contributed by atoms with E-state index in [2.05, 4.69) is 78.4 Å². The van der Waals surface area contributed by atoms with Crippen LogP contribution in [0.25, 0.3) is 0 Å². The topological polar surface area (TPSA) is 24.9 Å². The van der Waals surface area contributed by atoms with E-state index in [0.717, 1.165) is 0 Å². The standard InChI is InChI=1S/C16H38N2O2Si/c1-11-19-21(20-12-2,17(13(3)4)14(5)6)18(15(7)8)16(9)10/h13-16H,11-12H2,1-10H3. The highest BCUT2D eigenvalue weighted by atomic mass is 28.4. The lowest BCUT2D eigenvalue weighted by Gasteiger charge is -2.51. The van der Waals surface area contributed by atoms with Gasteiger partial charge in [0.25, 0.3) is 0 Å². The quantitative estimate of drug-likeness (QED) is 0.573. The Morgan fingerprint density at radius 3 is 1.00 bits per heavy atom. The van der Waals surface area contributed by atoms with Crippen LogP contribution in [0, 0.1) is 0 Å². The van der Waals surface area contributed by atoms with E-state index in [1.165, 1.54) is 0 Å². The van der Waals surface area contributed by atoms with E-state index in [9.17, 15) is 0 Å². The molecule has 0 heterocycles. The monoisotopic (exact) mass is 318 g/mol. The largest absolute Gasteiger partial charge is 0.523 e. The molecule has 0 N–H and O–H groups in total. The molecular formula is C16H38N2O2Si. The molecule has 0 amide bonds. The summed E-state index contributed by atoms with van der Waals surface area (Å²) in [5, 5.41) is 0. The summed E-state index contributed by atoms with van der Waals surface area (Å²) in [6.07, 6.45) is 0. The van der Waals surface area contributed by atoms with Crippen LogP contribution in [0.1, 0.15) is 69.2 Å². The fraction of sp³-hybridized carbons (Fsp3) is 1.00. The lowest BCUT2D eigenvalue weighted by atomic mass is 10.3. The average molecular weight is 319 g/mol. The number of hydrogen-bond donors (Lipinski definition) is 0. The zero-order valence-corrected chi connectivity index (χ0v) is 16.9. The fourth-order valence-corrected chi connectivity index (χ4v) is 7.66. The van der Waals surface area contributed by atoms with E-state index >= 15 is 0 Å². The molecule has 0 unspecified atom stereocenters. The maximum Gasteiger partial charge on any atom is 0.523 e. The van der Waals surface area contributed by atoms with Gasteiger partial charge < -0.3 is 8.85 Å². The van der Waals surface area contributed by atoms with Gasteiger partial charge in [0.1, 0.15) is 0 Å². The third-order valence-electron chi connectivity index (χ3n) is 3.54. The van der Waals surface area contributed by atoms with Crippen molar-refractivity contribution in [3.63, 3.8) is 0 Å². The molecule has 0 bridgehead atoms. The van der Waals surface area contributed by atoms with Crippen LogP contribution < -0.4 is 0 Å². The second-order valence-corrected chi connectivity index (χ2v) is 9.31. The summed E-state index contributed by atoms with van der Waals surface area (Å²) in [5.74, 6) is 0. The Balaban J connectivity index is 6.02. The molecule has 21 heavy (non-hydrogen) atoms. The highest BCUT2D eigenvalue weighted by molar-refractivity contribution is 6.62. The first kappa shape index (κ1) is 21.1. The van der Waals surface area contributed by atoms with Gasteiger partial charge in [0.2, 0.25) is 0 Å². The predicted octanol–water partition coefficient (Wildman–Crippen LogP) is 3.73. The van der Waals surface area contributed by atoms with Gasteiger partial charge in [-0.2, -0.15) is 0 Å². The molecule has 0 aromatic carbocycles. The molecule has 0 atom stereocenters. The molecule has 128 valence electrons. The Hall–Kier alpha value is 0.0569. The molecule has 0 aliphatic carbocycles. The van der Waals surface area contributed by atoms with Gasteiger partial charge in [-0.3, -0.25) is 9.13 Å². The first-order valence-corrected chi connectivity index (χ1v) is 10.2. The molecule has 0 aliphatic rings. The van der Waals surface area contributed by atoms with Gasteiger partial charge in [-0.1, -0.05) is 55.4 Å². The van der Waals surface area contributed by atoms with Crippen molar-refractivity contribution in [3.8, 4) is 0 Å². The second-order valence-electron chi connectivity index (χ2n) is 6.60. The lowest BCUT2D eigenvalue weighted by molar-refractivity contribution is 0.0211. The number of rotatable bonds is 10. The number of nitrogens with zero attached hydrogens (tertiary/aromatic N) is 2. The molecular weight excluding hydrogens is 280 g/mol. The average Bonchev–Trinajstić information content (AvgIpc) is 2.26. The third kappa shape index (κ3) is 5.03. The van der Waals surface area contributed by atoms with Gasteiger partial charge in [-0.05, 0) is 13.8 Å². The molecule has 0 aromatic heterocycles. The van der Waals surface area contributed by atoms with Crippen molar-refractivity contribution < 1.29 is 8.85 Å². The molecule has 0 aliphatic heterocycles. The molecule has 0 saturated carbocycles. The van der Waals surface area contributed by atoms with Crippen molar-refractivity contribution >= 4 is 8.88 Å². The molecule has 0 aromatic rings. The fourth-order valence-electron chi connectivity index (χ4n) is 3.35. The minimum atomic E-state index is -2.64. The minimum Gasteiger partial charge on any atom is -0.371 e. The van der Waals surface area contributed by atoms with Gasteiger partial charge in [0.15, 0.2) is 0 Å². The van der Waals surface area contributed by atoms with Crippen LogP contribution in [0.5, 0.6) is 0 Å². The Kier molecular flexibility index (Phi) is 9.28. The van der Waals surface area contributed by atoms with Crippen LogP contribution in [0.3, 0.4) is 0 Å². The van der Waals surface area contributed by atoms with Crippen molar-refractivity contribution in [1.82, 2.24) is 9.13 Å². The van der Waals surface area contributed by atoms with Gasteiger partial charge in [0.05, 0.1) is 0 Å². The van der Waals surface area contributed by atoms with Gasteiger partial charge in [0, 0.05) is 37.4 Å². The minimum absolute atomic E-state index is 0.384. The molecule has 0 fully saturated rings. The molecule has 4 nitrogen and oxygen atoms in total. The highest BCUT2D eigenvalue weighted by Crippen LogP contribution is 2.28. The lowest BCUT2D eigenvalue weighted by Crippen LogP contribution is -2.75. The Morgan fingerprint density at radius 2 is 0.857 bits per heavy atom. The number of hydrogen-bond acceptors (Lipinski definition) is 4. The Bertz CT molecular complexity index is 239. The van der Waals surface area contributed by atoms with Crippen molar-refractivity contribution in [1.29, 1.82) is 0 Å². The van der Waals surface area contributed by atoms with Crippen molar-refractivity contribution in [2.45, 2.75) is 93.4 Å². The van der Waals surface area contributed by atoms with Crippen molar-refractivity contribution in [2.24, 2.45) is 0 Å². The molecule has 0 spiro atoms. The van der Waals surface area contributed by atoms with Crippen LogP contribution in [-0.4, -0.2) is 55.4 Å². The van der Waals surface area contributed by atoms with Crippen LogP contribution in [0.15, 0.2) is 0 Å². The van der Waals surface area contributed by atoms with Crippen LogP contribution >= 0.6 is 0 Å². The first-order chi connectivity index (χ1) is 9.65. The smallest absolute Gasteiger partial charge is 0.371 e. The predicted molar refractivity (Wildman–Crippen MR) is 93.2 cm³/mol. The van der Waals surface area contributed by atoms with Gasteiger partial charge in [-0.25, -0.2) is 0 Å². The molecule has 0 saturated heterocycles. The van der Waals surface area contributed by atoms with E-state index in [1.807, 2.05) is 0 Å². The van der Waals surface area contributed by atoms with Gasteiger partial charge in [-0.15, -0.1) is 0 Å². The van der Waals surface area contributed by atoms with Gasteiger partial charge >= 0.3 is 8.88 Å². The summed E-state index contributed by atoms with van der Waals surface area (Å²) in [6.45, 7) is 23.4. The molecule has 0 rings (SSSR count). The molecule has 5 heteroatoms. The first-order valence-electron chi connectivity index (χ1n) is 8.50. The van der Waals surface area contributed by atoms with Crippen molar-refractivity contribution in [2.75, 3.05) is 13.2 Å². The summed E-state index contributed by atoms with van der Waals surface area (Å²) >= 11 is 0. The normalized spacial score (nSPS) is 13.7. The SMILES string of the molecule is CCO[Si](OCC)(N(C(C)C)C(C)C)N(C(C)C)C(C)C. The summed E-state index contributed by atoms with van der Waals surface area (Å²) in [5.41, 5.74) is 0. The van der Waals surface area contributed by atoms with E-state index in [1.54, 1.807) is 0 Å². The Labute approximate surface area is 134 Å². The van der Waals surface area contributed by atoms with E-state index < -0.39 is 8.88 Å². The zero-order valence-electron chi connectivity index (χ0n) is 15.9. The van der Waals surface area contributed by atoms with Crippen LogP contribution in [0.4, 0.5) is 0 Å². The zero-order chi connectivity index (χ0) is 16.8.